The molecule has 0 heterocycles. The molecular weight excluding hydrogens is 500 g/mol. The molecule has 0 saturated carbocycles. The number of halogens is 1. The second-order valence-corrected chi connectivity index (χ2v) is 10.6. The summed E-state index contributed by atoms with van der Waals surface area (Å²) in [6, 6.07) is 16.8. The molecule has 2 aromatic carbocycles. The van der Waals surface area contributed by atoms with Crippen LogP contribution in [0.5, 0.6) is 0 Å². The highest BCUT2D eigenvalue weighted by Crippen LogP contribution is 2.32. The maximum absolute atomic E-state index is 13.1. The van der Waals surface area contributed by atoms with Gasteiger partial charge in [-0.2, -0.15) is 0 Å². The lowest BCUT2D eigenvalue weighted by molar-refractivity contribution is -0.161. The van der Waals surface area contributed by atoms with Crippen molar-refractivity contribution in [1.82, 2.24) is 0 Å². The number of aliphatic carboxylic acids is 1. The van der Waals surface area contributed by atoms with Crippen LogP contribution in [-0.4, -0.2) is 28.3 Å². The number of hydrogen-bond donors (Lipinski definition) is 2. The third kappa shape index (κ3) is 12.4. The quantitative estimate of drug-likeness (QED) is 0.129. The summed E-state index contributed by atoms with van der Waals surface area (Å²) < 4.78 is 6.08. The Balaban J connectivity index is 2.09. The molecule has 2 aromatic rings. The van der Waals surface area contributed by atoms with E-state index in [9.17, 15) is 14.7 Å². The van der Waals surface area contributed by atoms with Crippen LogP contribution in [0, 0.1) is 0 Å². The van der Waals surface area contributed by atoms with Gasteiger partial charge in [0.1, 0.15) is 6.10 Å². The van der Waals surface area contributed by atoms with E-state index in [-0.39, 0.29) is 18.4 Å². The zero-order valence-electron chi connectivity index (χ0n) is 22.8. The molecule has 0 aliphatic rings. The first-order chi connectivity index (χ1) is 18.4. The van der Waals surface area contributed by atoms with E-state index in [1.165, 1.54) is 25.7 Å². The molecule has 2 rings (SSSR count). The number of carboxylic acid groups (broad SMARTS) is 1. The van der Waals surface area contributed by atoms with Gasteiger partial charge in [0.2, 0.25) is 0 Å². The standard InChI is InChI=1S/C32H45ClO5/c1-2-3-4-5-8-14-19-29(38-32(37)31(36)26-21-23-27(33)24-22-26)28(25-16-11-10-12-17-25)18-13-7-6-9-15-20-30(34)35/h10-12,16-17,21-24,28-29,31,36H,2-9,13-15,18-20H2,1H3,(H,34,35)/t28?,29?,31-/m1/s1. The first-order valence-corrected chi connectivity index (χ1v) is 14.7. The van der Waals surface area contributed by atoms with Gasteiger partial charge in [0.15, 0.2) is 6.10 Å². The predicted octanol–water partition coefficient (Wildman–Crippen LogP) is 8.63. The molecule has 0 radical (unpaired) electrons. The molecule has 210 valence electrons. The highest BCUT2D eigenvalue weighted by atomic mass is 35.5. The van der Waals surface area contributed by atoms with Gasteiger partial charge in [-0.15, -0.1) is 0 Å². The minimum Gasteiger partial charge on any atom is -0.481 e. The molecule has 0 bridgehead atoms. The summed E-state index contributed by atoms with van der Waals surface area (Å²) >= 11 is 5.97. The maximum atomic E-state index is 13.1. The molecule has 5 nitrogen and oxygen atoms in total. The fraction of sp³-hybridized carbons (Fsp3) is 0.562. The van der Waals surface area contributed by atoms with Crippen LogP contribution in [0.4, 0.5) is 0 Å². The highest BCUT2D eigenvalue weighted by Gasteiger charge is 2.29. The van der Waals surface area contributed by atoms with Crippen molar-refractivity contribution in [2.45, 2.75) is 115 Å². The molecule has 0 spiro atoms. The van der Waals surface area contributed by atoms with Crippen LogP contribution in [0.25, 0.3) is 0 Å². The summed E-state index contributed by atoms with van der Waals surface area (Å²) in [4.78, 5) is 23.8. The largest absolute Gasteiger partial charge is 0.481 e. The summed E-state index contributed by atoms with van der Waals surface area (Å²) in [7, 11) is 0. The van der Waals surface area contributed by atoms with Crippen LogP contribution in [0.3, 0.4) is 0 Å². The lowest BCUT2D eigenvalue weighted by Gasteiger charge is -2.29. The van der Waals surface area contributed by atoms with Crippen molar-refractivity contribution < 1.29 is 24.5 Å². The number of aliphatic hydroxyl groups is 1. The highest BCUT2D eigenvalue weighted by molar-refractivity contribution is 6.30. The summed E-state index contributed by atoms with van der Waals surface area (Å²) in [5, 5.41) is 20.1. The molecule has 38 heavy (non-hydrogen) atoms. The van der Waals surface area contributed by atoms with E-state index < -0.39 is 18.0 Å². The molecule has 0 aliphatic carbocycles. The van der Waals surface area contributed by atoms with E-state index in [2.05, 4.69) is 19.1 Å². The molecule has 0 aromatic heterocycles. The van der Waals surface area contributed by atoms with Gasteiger partial charge in [-0.05, 0) is 48.9 Å². The van der Waals surface area contributed by atoms with Crippen molar-refractivity contribution in [2.24, 2.45) is 0 Å². The Morgan fingerprint density at radius 3 is 1.97 bits per heavy atom. The minimum absolute atomic E-state index is 0.0345. The fourth-order valence-electron chi connectivity index (χ4n) is 4.90. The number of carbonyl (C=O) groups is 2. The van der Waals surface area contributed by atoms with Crippen molar-refractivity contribution in [3.63, 3.8) is 0 Å². The van der Waals surface area contributed by atoms with Crippen LogP contribution < -0.4 is 0 Å². The Hall–Kier alpha value is -2.37. The maximum Gasteiger partial charge on any atom is 0.339 e. The van der Waals surface area contributed by atoms with Gasteiger partial charge in [-0.3, -0.25) is 4.79 Å². The fourth-order valence-corrected chi connectivity index (χ4v) is 5.03. The number of unbranched alkanes of at least 4 members (excludes halogenated alkanes) is 9. The summed E-state index contributed by atoms with van der Waals surface area (Å²) in [5.41, 5.74) is 1.61. The Morgan fingerprint density at radius 1 is 0.763 bits per heavy atom. The van der Waals surface area contributed by atoms with E-state index in [1.54, 1.807) is 24.3 Å². The molecule has 2 N–H and O–H groups in total. The molecule has 0 fully saturated rings. The summed E-state index contributed by atoms with van der Waals surface area (Å²) in [6.45, 7) is 2.21. The van der Waals surface area contributed by atoms with Crippen LogP contribution in [0.15, 0.2) is 54.6 Å². The number of rotatable bonds is 20. The number of benzene rings is 2. The molecule has 2 unspecified atom stereocenters. The SMILES string of the molecule is CCCCCCCCC(OC(=O)[C@H](O)c1ccc(Cl)cc1)C(CCCCCCCC(=O)O)c1ccccc1. The van der Waals surface area contributed by atoms with Crippen LogP contribution in [0.2, 0.25) is 5.02 Å². The van der Waals surface area contributed by atoms with Crippen molar-refractivity contribution in [3.05, 3.63) is 70.7 Å². The van der Waals surface area contributed by atoms with Crippen molar-refractivity contribution in [1.29, 1.82) is 0 Å². The van der Waals surface area contributed by atoms with Gasteiger partial charge in [-0.25, -0.2) is 4.79 Å². The Bertz CT molecular complexity index is 915. The van der Waals surface area contributed by atoms with Gasteiger partial charge in [0.25, 0.3) is 0 Å². The summed E-state index contributed by atoms with van der Waals surface area (Å²) in [5.74, 6) is -1.33. The van der Waals surface area contributed by atoms with Gasteiger partial charge < -0.3 is 14.9 Å². The van der Waals surface area contributed by atoms with Crippen LogP contribution in [0.1, 0.15) is 120 Å². The van der Waals surface area contributed by atoms with E-state index in [0.717, 1.165) is 56.9 Å². The monoisotopic (exact) mass is 544 g/mol. The average Bonchev–Trinajstić information content (AvgIpc) is 2.92. The summed E-state index contributed by atoms with van der Waals surface area (Å²) in [6.07, 6.45) is 11.6. The number of carboxylic acids is 1. The molecule has 0 aliphatic heterocycles. The molecule has 0 amide bonds. The molecular formula is C32H45ClO5. The lowest BCUT2D eigenvalue weighted by atomic mass is 9.85. The van der Waals surface area contributed by atoms with Crippen molar-refractivity contribution in [3.8, 4) is 0 Å². The van der Waals surface area contributed by atoms with Crippen LogP contribution >= 0.6 is 11.6 Å². The Labute approximate surface area is 233 Å². The zero-order valence-corrected chi connectivity index (χ0v) is 23.6. The van der Waals surface area contributed by atoms with E-state index in [4.69, 9.17) is 21.4 Å². The van der Waals surface area contributed by atoms with Gasteiger partial charge >= 0.3 is 11.9 Å². The molecule has 6 heteroatoms. The van der Waals surface area contributed by atoms with Gasteiger partial charge in [0.05, 0.1) is 0 Å². The third-order valence-electron chi connectivity index (χ3n) is 7.10. The predicted molar refractivity (Wildman–Crippen MR) is 153 cm³/mol. The number of aliphatic hydroxyl groups excluding tert-OH is 1. The normalized spacial score (nSPS) is 13.6. The van der Waals surface area contributed by atoms with Crippen molar-refractivity contribution >= 4 is 23.5 Å². The van der Waals surface area contributed by atoms with Crippen molar-refractivity contribution in [2.75, 3.05) is 0 Å². The molecule has 0 saturated heterocycles. The Morgan fingerprint density at radius 2 is 1.34 bits per heavy atom. The second-order valence-electron chi connectivity index (χ2n) is 10.2. The number of carbonyl (C=O) groups excluding carboxylic acids is 1. The number of esters is 1. The smallest absolute Gasteiger partial charge is 0.339 e. The topological polar surface area (TPSA) is 83.8 Å². The van der Waals surface area contributed by atoms with E-state index in [0.29, 0.717) is 17.0 Å². The first kappa shape index (κ1) is 31.8. The third-order valence-corrected chi connectivity index (χ3v) is 7.35. The lowest BCUT2D eigenvalue weighted by Crippen LogP contribution is -2.29. The van der Waals surface area contributed by atoms with Gasteiger partial charge in [0, 0.05) is 17.4 Å². The second kappa shape index (κ2) is 18.8. The molecule has 3 atom stereocenters. The number of hydrogen-bond acceptors (Lipinski definition) is 4. The van der Waals surface area contributed by atoms with E-state index >= 15 is 0 Å². The average molecular weight is 545 g/mol. The van der Waals surface area contributed by atoms with Crippen LogP contribution in [-0.2, 0) is 14.3 Å². The minimum atomic E-state index is -1.36. The number of ether oxygens (including phenoxy) is 1. The van der Waals surface area contributed by atoms with E-state index in [1.807, 2.05) is 18.2 Å². The first-order valence-electron chi connectivity index (χ1n) is 14.3. The zero-order chi connectivity index (χ0) is 27.6. The Kier molecular flexibility index (Phi) is 15.8. The van der Waals surface area contributed by atoms with Gasteiger partial charge in [-0.1, -0.05) is 119 Å².